The maximum atomic E-state index is 11.5. The lowest BCUT2D eigenvalue weighted by molar-refractivity contribution is 0.0526. The Balaban J connectivity index is 1.94. The molecule has 0 saturated carbocycles. The summed E-state index contributed by atoms with van der Waals surface area (Å²) in [7, 11) is 0. The van der Waals surface area contributed by atoms with E-state index in [9.17, 15) is 4.79 Å². The highest BCUT2D eigenvalue weighted by Crippen LogP contribution is 2.11. The van der Waals surface area contributed by atoms with Crippen LogP contribution in [0.4, 0.5) is 5.69 Å². The highest BCUT2D eigenvalue weighted by atomic mass is 16.5. The van der Waals surface area contributed by atoms with Crippen LogP contribution in [0.3, 0.4) is 0 Å². The summed E-state index contributed by atoms with van der Waals surface area (Å²) >= 11 is 0. The van der Waals surface area contributed by atoms with Gasteiger partial charge in [-0.2, -0.15) is 0 Å². The van der Waals surface area contributed by atoms with Gasteiger partial charge in [0.05, 0.1) is 24.4 Å². The van der Waals surface area contributed by atoms with Crippen LogP contribution in [0.15, 0.2) is 42.9 Å². The molecule has 0 aliphatic rings. The number of aromatic nitrogens is 2. The fourth-order valence-corrected chi connectivity index (χ4v) is 1.55. The number of nitrogens with one attached hydrogen (secondary N) is 1. The zero-order valence-electron chi connectivity index (χ0n) is 10.7. The molecule has 0 aliphatic heterocycles. The minimum absolute atomic E-state index is 0.301. The van der Waals surface area contributed by atoms with Crippen molar-refractivity contribution in [3.05, 3.63) is 54.1 Å². The van der Waals surface area contributed by atoms with Gasteiger partial charge in [0, 0.05) is 11.9 Å². The largest absolute Gasteiger partial charge is 0.462 e. The van der Waals surface area contributed by atoms with Crippen LogP contribution < -0.4 is 5.32 Å². The molecule has 98 valence electrons. The summed E-state index contributed by atoms with van der Waals surface area (Å²) in [4.78, 5) is 19.5. The average Bonchev–Trinajstić information content (AvgIpc) is 2.47. The van der Waals surface area contributed by atoms with E-state index in [1.165, 1.54) is 6.33 Å². The summed E-state index contributed by atoms with van der Waals surface area (Å²) in [5.41, 5.74) is 2.38. The van der Waals surface area contributed by atoms with Gasteiger partial charge in [0.2, 0.25) is 0 Å². The van der Waals surface area contributed by atoms with Crippen LogP contribution >= 0.6 is 0 Å². The Labute approximate surface area is 111 Å². The van der Waals surface area contributed by atoms with E-state index >= 15 is 0 Å². The number of esters is 1. The molecule has 0 aliphatic carbocycles. The molecule has 0 radical (unpaired) electrons. The van der Waals surface area contributed by atoms with Gasteiger partial charge in [0.1, 0.15) is 6.33 Å². The number of nitrogens with zero attached hydrogens (tertiary/aromatic N) is 2. The maximum absolute atomic E-state index is 11.5. The van der Waals surface area contributed by atoms with Gasteiger partial charge in [-0.05, 0) is 37.3 Å². The monoisotopic (exact) mass is 257 g/mol. The van der Waals surface area contributed by atoms with Crippen LogP contribution in [0.25, 0.3) is 0 Å². The van der Waals surface area contributed by atoms with Crippen molar-refractivity contribution in [1.29, 1.82) is 0 Å². The lowest BCUT2D eigenvalue weighted by Crippen LogP contribution is -2.05. The Morgan fingerprint density at radius 3 is 2.68 bits per heavy atom. The molecule has 2 aromatic rings. The zero-order valence-corrected chi connectivity index (χ0v) is 10.7. The van der Waals surface area contributed by atoms with Crippen LogP contribution in [-0.2, 0) is 11.3 Å². The molecule has 1 heterocycles. The molecule has 0 atom stereocenters. The molecule has 0 unspecified atom stereocenters. The van der Waals surface area contributed by atoms with Crippen molar-refractivity contribution >= 4 is 11.7 Å². The predicted molar refractivity (Wildman–Crippen MR) is 71.8 cm³/mol. The van der Waals surface area contributed by atoms with Crippen molar-refractivity contribution in [2.75, 3.05) is 11.9 Å². The third-order valence-corrected chi connectivity index (χ3v) is 2.51. The normalized spacial score (nSPS) is 9.95. The molecular weight excluding hydrogens is 242 g/mol. The van der Waals surface area contributed by atoms with E-state index in [0.717, 1.165) is 11.4 Å². The van der Waals surface area contributed by atoms with Crippen molar-refractivity contribution < 1.29 is 9.53 Å². The molecule has 1 aromatic carbocycles. The highest BCUT2D eigenvalue weighted by molar-refractivity contribution is 5.89. The van der Waals surface area contributed by atoms with Gasteiger partial charge in [-0.15, -0.1) is 0 Å². The molecule has 2 rings (SSSR count). The van der Waals surface area contributed by atoms with E-state index < -0.39 is 0 Å². The van der Waals surface area contributed by atoms with Gasteiger partial charge in [-0.1, -0.05) is 0 Å². The number of carbonyl (C=O) groups is 1. The summed E-state index contributed by atoms with van der Waals surface area (Å²) in [6, 6.07) is 9.00. The second-order valence-corrected chi connectivity index (χ2v) is 3.85. The molecule has 5 heteroatoms. The Morgan fingerprint density at radius 1 is 1.26 bits per heavy atom. The van der Waals surface area contributed by atoms with Crippen molar-refractivity contribution in [3.63, 3.8) is 0 Å². The minimum atomic E-state index is -0.301. The smallest absolute Gasteiger partial charge is 0.338 e. The third kappa shape index (κ3) is 3.77. The molecule has 0 spiro atoms. The molecule has 1 aromatic heterocycles. The van der Waals surface area contributed by atoms with E-state index in [1.54, 1.807) is 25.3 Å². The zero-order chi connectivity index (χ0) is 13.5. The van der Waals surface area contributed by atoms with Crippen molar-refractivity contribution in [3.8, 4) is 0 Å². The van der Waals surface area contributed by atoms with E-state index in [1.807, 2.05) is 18.2 Å². The molecule has 1 N–H and O–H groups in total. The first-order valence-corrected chi connectivity index (χ1v) is 6.05. The van der Waals surface area contributed by atoms with Crippen LogP contribution in [0.5, 0.6) is 0 Å². The molecule has 0 bridgehead atoms. The molecular formula is C14H15N3O2. The molecule has 5 nitrogen and oxygen atoms in total. The Hall–Kier alpha value is -2.43. The van der Waals surface area contributed by atoms with E-state index in [2.05, 4.69) is 15.3 Å². The van der Waals surface area contributed by atoms with Gasteiger partial charge in [-0.25, -0.2) is 14.8 Å². The topological polar surface area (TPSA) is 64.1 Å². The first-order valence-electron chi connectivity index (χ1n) is 6.05. The minimum Gasteiger partial charge on any atom is -0.462 e. The number of rotatable bonds is 5. The van der Waals surface area contributed by atoms with Crippen LogP contribution in [0.2, 0.25) is 0 Å². The summed E-state index contributed by atoms with van der Waals surface area (Å²) in [5.74, 6) is -0.301. The number of ether oxygens (including phenoxy) is 1. The molecule has 0 amide bonds. The third-order valence-electron chi connectivity index (χ3n) is 2.51. The summed E-state index contributed by atoms with van der Waals surface area (Å²) in [6.07, 6.45) is 3.22. The summed E-state index contributed by atoms with van der Waals surface area (Å²) in [5, 5.41) is 3.22. The van der Waals surface area contributed by atoms with Crippen LogP contribution in [-0.4, -0.2) is 22.5 Å². The quantitative estimate of drug-likeness (QED) is 0.832. The maximum Gasteiger partial charge on any atom is 0.338 e. The lowest BCUT2D eigenvalue weighted by Gasteiger charge is -2.06. The van der Waals surface area contributed by atoms with Gasteiger partial charge < -0.3 is 10.1 Å². The molecule has 0 fully saturated rings. The van der Waals surface area contributed by atoms with Gasteiger partial charge in [-0.3, -0.25) is 0 Å². The van der Waals surface area contributed by atoms with E-state index in [4.69, 9.17) is 4.74 Å². The lowest BCUT2D eigenvalue weighted by atomic mass is 10.2. The second-order valence-electron chi connectivity index (χ2n) is 3.85. The molecule has 19 heavy (non-hydrogen) atoms. The van der Waals surface area contributed by atoms with Crippen molar-refractivity contribution in [2.45, 2.75) is 13.5 Å². The Morgan fingerprint density at radius 2 is 2.05 bits per heavy atom. The number of hydrogen-bond donors (Lipinski definition) is 1. The first-order chi connectivity index (χ1) is 9.29. The number of benzene rings is 1. The predicted octanol–water partition coefficient (Wildman–Crippen LogP) is 2.27. The standard InChI is InChI=1S/C14H15N3O2/c1-2-19-14(18)11-3-5-12(6-4-11)16-9-13-7-8-15-10-17-13/h3-8,10,16H,2,9H2,1H3. The Kier molecular flexibility index (Phi) is 4.44. The van der Waals surface area contributed by atoms with Gasteiger partial charge in [0.25, 0.3) is 0 Å². The SMILES string of the molecule is CCOC(=O)c1ccc(NCc2ccncn2)cc1. The van der Waals surface area contributed by atoms with Gasteiger partial charge in [0.15, 0.2) is 0 Å². The average molecular weight is 257 g/mol. The van der Waals surface area contributed by atoms with Crippen molar-refractivity contribution in [1.82, 2.24) is 9.97 Å². The second kappa shape index (κ2) is 6.49. The van der Waals surface area contributed by atoms with E-state index in [0.29, 0.717) is 18.7 Å². The number of hydrogen-bond acceptors (Lipinski definition) is 5. The van der Waals surface area contributed by atoms with Crippen LogP contribution in [0.1, 0.15) is 23.0 Å². The van der Waals surface area contributed by atoms with Crippen LogP contribution in [0, 0.1) is 0 Å². The highest BCUT2D eigenvalue weighted by Gasteiger charge is 2.05. The first kappa shape index (κ1) is 13.0. The number of anilines is 1. The fraction of sp³-hybridized carbons (Fsp3) is 0.214. The summed E-state index contributed by atoms with van der Waals surface area (Å²) in [6.45, 7) is 2.78. The summed E-state index contributed by atoms with van der Waals surface area (Å²) < 4.78 is 4.92. The van der Waals surface area contributed by atoms with Crippen molar-refractivity contribution in [2.24, 2.45) is 0 Å². The Bertz CT molecular complexity index is 526. The van der Waals surface area contributed by atoms with E-state index in [-0.39, 0.29) is 5.97 Å². The fourth-order valence-electron chi connectivity index (χ4n) is 1.55. The number of carbonyl (C=O) groups excluding carboxylic acids is 1. The molecule has 0 saturated heterocycles. The van der Waals surface area contributed by atoms with Gasteiger partial charge >= 0.3 is 5.97 Å².